The summed E-state index contributed by atoms with van der Waals surface area (Å²) >= 11 is 0. The number of aliphatic imine (C=N–C) groups is 1. The first-order chi connectivity index (χ1) is 13.9. The first kappa shape index (κ1) is 25.0. The zero-order valence-corrected chi connectivity index (χ0v) is 19.6. The Morgan fingerprint density at radius 3 is 2.67 bits per heavy atom. The molecule has 3 rings (SSSR count). The lowest BCUT2D eigenvalue weighted by molar-refractivity contribution is -0.143. The average Bonchev–Trinajstić information content (AvgIpc) is 3.32. The minimum absolute atomic E-state index is 0. The molecule has 2 N–H and O–H groups in total. The predicted molar refractivity (Wildman–Crippen MR) is 121 cm³/mol. The van der Waals surface area contributed by atoms with Crippen LogP contribution in [0.1, 0.15) is 44.6 Å². The summed E-state index contributed by atoms with van der Waals surface area (Å²) in [6.45, 7) is 3.00. The molecule has 30 heavy (non-hydrogen) atoms. The normalized spacial score (nSPS) is 20.8. The van der Waals surface area contributed by atoms with Crippen molar-refractivity contribution in [1.82, 2.24) is 20.5 Å². The van der Waals surface area contributed by atoms with Gasteiger partial charge in [0.25, 0.3) is 0 Å². The molecule has 1 saturated carbocycles. The highest BCUT2D eigenvalue weighted by atomic mass is 127. The maximum Gasteiger partial charge on any atom is 0.401 e. The first-order valence-corrected chi connectivity index (χ1v) is 10.4. The number of hydrogen-bond donors (Lipinski definition) is 2. The summed E-state index contributed by atoms with van der Waals surface area (Å²) in [5, 5.41) is 6.40. The molecule has 1 atom stereocenters. The van der Waals surface area contributed by atoms with Gasteiger partial charge >= 0.3 is 6.18 Å². The van der Waals surface area contributed by atoms with Gasteiger partial charge in [-0.25, -0.2) is 9.98 Å². The largest absolute Gasteiger partial charge is 0.474 e. The first-order valence-electron chi connectivity index (χ1n) is 10.4. The van der Waals surface area contributed by atoms with Crippen LogP contribution < -0.4 is 15.4 Å². The number of aromatic nitrogens is 1. The minimum Gasteiger partial charge on any atom is -0.474 e. The van der Waals surface area contributed by atoms with E-state index in [0.29, 0.717) is 44.4 Å². The summed E-state index contributed by atoms with van der Waals surface area (Å²) in [5.41, 5.74) is 0.950. The maximum atomic E-state index is 12.6. The van der Waals surface area contributed by atoms with E-state index in [-0.39, 0.29) is 36.1 Å². The van der Waals surface area contributed by atoms with Crippen LogP contribution in [0.15, 0.2) is 23.3 Å². The van der Waals surface area contributed by atoms with Gasteiger partial charge in [0, 0.05) is 37.9 Å². The van der Waals surface area contributed by atoms with E-state index in [1.807, 2.05) is 19.1 Å². The number of ether oxygens (including phenoxy) is 1. The molecule has 1 aromatic rings. The number of halogens is 4. The van der Waals surface area contributed by atoms with Crippen LogP contribution in [0.5, 0.6) is 5.88 Å². The van der Waals surface area contributed by atoms with E-state index in [1.54, 1.807) is 6.20 Å². The predicted octanol–water partition coefficient (Wildman–Crippen LogP) is 3.71. The number of nitrogens with zero attached hydrogens (tertiary/aromatic N) is 3. The highest BCUT2D eigenvalue weighted by molar-refractivity contribution is 14.0. The Balaban J connectivity index is 0.00000320. The number of nitrogens with one attached hydrogen (secondary N) is 2. The molecule has 1 saturated heterocycles. The third-order valence-electron chi connectivity index (χ3n) is 5.17. The SMILES string of the molecule is CCNC(=NCc1ccc(OC2CCCC2)nc1)NC1CCN(CC(F)(F)F)C1.I. The third kappa shape index (κ3) is 8.44. The van der Waals surface area contributed by atoms with Gasteiger partial charge < -0.3 is 15.4 Å². The summed E-state index contributed by atoms with van der Waals surface area (Å²) in [6.07, 6.45) is 3.15. The number of guanidine groups is 1. The number of alkyl halides is 3. The van der Waals surface area contributed by atoms with Gasteiger partial charge in [-0.2, -0.15) is 13.2 Å². The van der Waals surface area contributed by atoms with Crippen molar-refractivity contribution in [2.45, 2.75) is 63.9 Å². The number of pyridine rings is 1. The van der Waals surface area contributed by atoms with Gasteiger partial charge in [0.2, 0.25) is 5.88 Å². The summed E-state index contributed by atoms with van der Waals surface area (Å²) in [7, 11) is 0. The monoisotopic (exact) mass is 541 g/mol. The standard InChI is InChI=1S/C20H30F3N5O.HI/c1-2-24-19(27-16-9-10-28(13-16)14-20(21,22)23)26-12-15-7-8-18(25-11-15)29-17-5-3-4-6-17;/h7-8,11,16-17H,2-6,9-10,12-14H2,1H3,(H2,24,26,27);1H. The number of rotatable bonds is 7. The van der Waals surface area contributed by atoms with E-state index in [2.05, 4.69) is 20.6 Å². The van der Waals surface area contributed by atoms with Gasteiger partial charge in [0.15, 0.2) is 5.96 Å². The zero-order chi connectivity index (χ0) is 20.7. The van der Waals surface area contributed by atoms with E-state index in [1.165, 1.54) is 17.7 Å². The molecule has 1 unspecified atom stereocenters. The van der Waals surface area contributed by atoms with Crippen molar-refractivity contribution in [3.8, 4) is 5.88 Å². The highest BCUT2D eigenvalue weighted by Gasteiger charge is 2.34. The fourth-order valence-electron chi connectivity index (χ4n) is 3.78. The van der Waals surface area contributed by atoms with Gasteiger partial charge in [-0.1, -0.05) is 6.07 Å². The van der Waals surface area contributed by atoms with Crippen molar-refractivity contribution in [3.63, 3.8) is 0 Å². The Labute approximate surface area is 193 Å². The summed E-state index contributed by atoms with van der Waals surface area (Å²) in [5.74, 6) is 1.25. The number of likely N-dealkylation sites (tertiary alicyclic amines) is 1. The molecule has 0 aromatic carbocycles. The van der Waals surface area contributed by atoms with Gasteiger partial charge in [-0.3, -0.25) is 4.90 Å². The topological polar surface area (TPSA) is 61.8 Å². The fourth-order valence-corrected chi connectivity index (χ4v) is 3.78. The van der Waals surface area contributed by atoms with Gasteiger partial charge in [0.05, 0.1) is 13.1 Å². The van der Waals surface area contributed by atoms with Gasteiger partial charge in [-0.15, -0.1) is 24.0 Å². The average molecular weight is 541 g/mol. The Morgan fingerprint density at radius 1 is 1.27 bits per heavy atom. The summed E-state index contributed by atoms with van der Waals surface area (Å²) < 4.78 is 43.5. The van der Waals surface area contributed by atoms with Crippen LogP contribution in [-0.4, -0.2) is 60.3 Å². The van der Waals surface area contributed by atoms with Gasteiger partial charge in [0.1, 0.15) is 6.10 Å². The van der Waals surface area contributed by atoms with Crippen LogP contribution in [-0.2, 0) is 6.54 Å². The van der Waals surface area contributed by atoms with Crippen molar-refractivity contribution in [1.29, 1.82) is 0 Å². The lowest BCUT2D eigenvalue weighted by Crippen LogP contribution is -2.45. The van der Waals surface area contributed by atoms with E-state index >= 15 is 0 Å². The Morgan fingerprint density at radius 2 is 2.03 bits per heavy atom. The molecule has 2 heterocycles. The Kier molecular flexibility index (Phi) is 9.92. The van der Waals surface area contributed by atoms with Crippen molar-refractivity contribution in [2.75, 3.05) is 26.2 Å². The van der Waals surface area contributed by atoms with E-state index in [9.17, 15) is 13.2 Å². The molecule has 0 amide bonds. The third-order valence-corrected chi connectivity index (χ3v) is 5.17. The Hall–Kier alpha value is -1.30. The van der Waals surface area contributed by atoms with Crippen LogP contribution in [0, 0.1) is 0 Å². The molecule has 170 valence electrons. The lowest BCUT2D eigenvalue weighted by atomic mass is 10.2. The Bertz CT molecular complexity index is 665. The second kappa shape index (κ2) is 11.9. The smallest absolute Gasteiger partial charge is 0.401 e. The maximum absolute atomic E-state index is 12.6. The van der Waals surface area contributed by atoms with Crippen LogP contribution >= 0.6 is 24.0 Å². The molecule has 0 bridgehead atoms. The van der Waals surface area contributed by atoms with Crippen LogP contribution in [0.4, 0.5) is 13.2 Å². The molecule has 1 aromatic heterocycles. The molecule has 2 aliphatic rings. The van der Waals surface area contributed by atoms with Gasteiger partial charge in [-0.05, 0) is 44.6 Å². The molecule has 6 nitrogen and oxygen atoms in total. The van der Waals surface area contributed by atoms with Crippen molar-refractivity contribution in [3.05, 3.63) is 23.9 Å². The molecule has 10 heteroatoms. The van der Waals surface area contributed by atoms with Crippen molar-refractivity contribution < 1.29 is 17.9 Å². The van der Waals surface area contributed by atoms with E-state index < -0.39 is 12.7 Å². The molecule has 1 aliphatic carbocycles. The van der Waals surface area contributed by atoms with Crippen LogP contribution in [0.25, 0.3) is 0 Å². The second-order valence-electron chi connectivity index (χ2n) is 7.70. The summed E-state index contributed by atoms with van der Waals surface area (Å²) in [6, 6.07) is 3.77. The van der Waals surface area contributed by atoms with Crippen molar-refractivity contribution >= 4 is 29.9 Å². The number of hydrogen-bond acceptors (Lipinski definition) is 4. The summed E-state index contributed by atoms with van der Waals surface area (Å²) in [4.78, 5) is 10.3. The molecule has 0 radical (unpaired) electrons. The fraction of sp³-hybridized carbons (Fsp3) is 0.700. The van der Waals surface area contributed by atoms with E-state index in [0.717, 1.165) is 18.4 Å². The lowest BCUT2D eigenvalue weighted by Gasteiger charge is -2.19. The zero-order valence-electron chi connectivity index (χ0n) is 17.2. The van der Waals surface area contributed by atoms with Crippen molar-refractivity contribution in [2.24, 2.45) is 4.99 Å². The molecular formula is C20H31F3IN5O. The second-order valence-corrected chi connectivity index (χ2v) is 7.70. The molecule has 1 aliphatic heterocycles. The van der Waals surface area contributed by atoms with Crippen LogP contribution in [0.3, 0.4) is 0 Å². The molecule has 0 spiro atoms. The quantitative estimate of drug-likeness (QED) is 0.313. The van der Waals surface area contributed by atoms with E-state index in [4.69, 9.17) is 4.74 Å². The van der Waals surface area contributed by atoms with Crippen LogP contribution in [0.2, 0.25) is 0 Å². The minimum atomic E-state index is -4.16. The highest BCUT2D eigenvalue weighted by Crippen LogP contribution is 2.23. The molecule has 2 fully saturated rings. The molecular weight excluding hydrogens is 510 g/mol.